The van der Waals surface area contributed by atoms with Crippen molar-refractivity contribution in [2.45, 2.75) is 18.9 Å². The lowest BCUT2D eigenvalue weighted by molar-refractivity contribution is -0.128. The maximum absolute atomic E-state index is 11.6. The summed E-state index contributed by atoms with van der Waals surface area (Å²) in [4.78, 5) is 24.3. The Hall–Kier alpha value is -1.37. The number of thiocarbonyl (C=S) groups is 1. The number of alkyl carbamates (subject to hydrolysis) is 1. The summed E-state index contributed by atoms with van der Waals surface area (Å²) in [6, 6.07) is -0.0530. The van der Waals surface area contributed by atoms with Gasteiger partial charge in [0.2, 0.25) is 5.91 Å². The average molecular weight is 245 g/mol. The molecule has 0 bridgehead atoms. The maximum atomic E-state index is 11.6. The lowest BCUT2D eigenvalue weighted by Gasteiger charge is -2.16. The third kappa shape index (κ3) is 3.65. The molecule has 0 aromatic rings. The van der Waals surface area contributed by atoms with E-state index < -0.39 is 6.09 Å². The maximum Gasteiger partial charge on any atom is 0.407 e. The molecule has 90 valence electrons. The average Bonchev–Trinajstić information content (AvgIpc) is 2.65. The summed E-state index contributed by atoms with van der Waals surface area (Å²) >= 11 is 4.67. The van der Waals surface area contributed by atoms with Crippen molar-refractivity contribution in [3.63, 3.8) is 0 Å². The summed E-state index contributed by atoms with van der Waals surface area (Å²) in [5, 5.41) is 2.65. The first kappa shape index (κ1) is 12.7. The van der Waals surface area contributed by atoms with Gasteiger partial charge in [-0.25, -0.2) is 4.79 Å². The van der Waals surface area contributed by atoms with E-state index in [-0.39, 0.29) is 23.4 Å². The molecule has 1 aliphatic heterocycles. The summed E-state index contributed by atoms with van der Waals surface area (Å²) in [5.74, 6) is -0.0957. The summed E-state index contributed by atoms with van der Waals surface area (Å²) in [5.41, 5.74) is 5.29. The van der Waals surface area contributed by atoms with Gasteiger partial charge >= 0.3 is 6.09 Å². The first-order chi connectivity index (χ1) is 7.52. The molecular weight excluding hydrogens is 230 g/mol. The van der Waals surface area contributed by atoms with Crippen LogP contribution in [-0.4, -0.2) is 48.1 Å². The number of hydrogen-bond acceptors (Lipinski definition) is 4. The number of ether oxygens (including phenoxy) is 1. The van der Waals surface area contributed by atoms with E-state index in [4.69, 9.17) is 5.73 Å². The molecule has 1 fully saturated rings. The van der Waals surface area contributed by atoms with Crippen molar-refractivity contribution >= 4 is 29.2 Å². The zero-order valence-electron chi connectivity index (χ0n) is 9.06. The minimum Gasteiger partial charge on any atom is -0.453 e. The van der Waals surface area contributed by atoms with E-state index in [1.807, 2.05) is 0 Å². The van der Waals surface area contributed by atoms with Crippen molar-refractivity contribution in [1.29, 1.82) is 0 Å². The molecule has 7 heteroatoms. The van der Waals surface area contributed by atoms with Crippen molar-refractivity contribution in [3.05, 3.63) is 0 Å². The molecule has 0 saturated carbocycles. The van der Waals surface area contributed by atoms with Crippen LogP contribution in [0.4, 0.5) is 4.79 Å². The molecule has 2 amide bonds. The number of nitrogens with two attached hydrogens (primary N) is 1. The third-order valence-electron chi connectivity index (χ3n) is 2.37. The van der Waals surface area contributed by atoms with E-state index in [1.165, 1.54) is 7.11 Å². The molecule has 3 N–H and O–H groups in total. The second-order valence-electron chi connectivity index (χ2n) is 3.60. The second-order valence-corrected chi connectivity index (χ2v) is 4.13. The Morgan fingerprint density at radius 3 is 2.88 bits per heavy atom. The standard InChI is InChI=1S/C9H15N3O3S/c1-15-9(14)11-6-2-3-12(5-6)8(13)4-7(10)16/h6H,2-5H2,1H3,(H2,10,16)(H,11,14). The number of likely N-dealkylation sites (tertiary alicyclic amines) is 1. The second kappa shape index (κ2) is 5.64. The van der Waals surface area contributed by atoms with E-state index in [0.29, 0.717) is 13.1 Å². The molecule has 0 radical (unpaired) electrons. The number of nitrogens with one attached hydrogen (secondary N) is 1. The Morgan fingerprint density at radius 1 is 1.62 bits per heavy atom. The molecule has 1 heterocycles. The molecule has 1 unspecified atom stereocenters. The molecule has 16 heavy (non-hydrogen) atoms. The molecule has 0 aromatic carbocycles. The van der Waals surface area contributed by atoms with Crippen LogP contribution >= 0.6 is 12.2 Å². The van der Waals surface area contributed by atoms with Gasteiger partial charge in [-0.3, -0.25) is 4.79 Å². The predicted molar refractivity (Wildman–Crippen MR) is 61.9 cm³/mol. The largest absolute Gasteiger partial charge is 0.453 e. The Morgan fingerprint density at radius 2 is 2.31 bits per heavy atom. The number of amides is 2. The van der Waals surface area contributed by atoms with Crippen LogP contribution in [0.25, 0.3) is 0 Å². The fraction of sp³-hybridized carbons (Fsp3) is 0.667. The summed E-state index contributed by atoms with van der Waals surface area (Å²) < 4.78 is 4.48. The minimum atomic E-state index is -0.478. The first-order valence-corrected chi connectivity index (χ1v) is 5.34. The zero-order chi connectivity index (χ0) is 12.1. The molecule has 6 nitrogen and oxygen atoms in total. The van der Waals surface area contributed by atoms with Crippen LogP contribution in [0, 0.1) is 0 Å². The van der Waals surface area contributed by atoms with E-state index in [9.17, 15) is 9.59 Å². The summed E-state index contributed by atoms with van der Waals surface area (Å²) in [7, 11) is 1.31. The molecule has 1 saturated heterocycles. The van der Waals surface area contributed by atoms with Crippen LogP contribution in [0.5, 0.6) is 0 Å². The van der Waals surface area contributed by atoms with E-state index in [2.05, 4.69) is 22.3 Å². The van der Waals surface area contributed by atoms with Gasteiger partial charge < -0.3 is 20.7 Å². The van der Waals surface area contributed by atoms with Crippen LogP contribution in [0.3, 0.4) is 0 Å². The van der Waals surface area contributed by atoms with Gasteiger partial charge in [0.25, 0.3) is 0 Å². The molecular formula is C9H15N3O3S. The van der Waals surface area contributed by atoms with Gasteiger partial charge in [0.05, 0.1) is 24.6 Å². The van der Waals surface area contributed by atoms with Crippen molar-refractivity contribution in [2.75, 3.05) is 20.2 Å². The molecule has 0 aliphatic carbocycles. The fourth-order valence-electron chi connectivity index (χ4n) is 1.59. The van der Waals surface area contributed by atoms with Crippen LogP contribution in [0.15, 0.2) is 0 Å². The number of hydrogen-bond donors (Lipinski definition) is 2. The highest BCUT2D eigenvalue weighted by molar-refractivity contribution is 7.80. The Bertz CT molecular complexity index is 308. The van der Waals surface area contributed by atoms with Crippen LogP contribution in [-0.2, 0) is 9.53 Å². The van der Waals surface area contributed by atoms with Gasteiger partial charge in [-0.1, -0.05) is 12.2 Å². The van der Waals surface area contributed by atoms with Crippen molar-refractivity contribution in [2.24, 2.45) is 5.73 Å². The summed E-state index contributed by atoms with van der Waals surface area (Å²) in [6.45, 7) is 1.09. The Balaban J connectivity index is 2.37. The van der Waals surface area contributed by atoms with Crippen molar-refractivity contribution in [1.82, 2.24) is 10.2 Å². The van der Waals surface area contributed by atoms with Gasteiger partial charge in [-0.2, -0.15) is 0 Å². The van der Waals surface area contributed by atoms with Gasteiger partial charge in [-0.05, 0) is 6.42 Å². The molecule has 1 rings (SSSR count). The van der Waals surface area contributed by atoms with E-state index in [1.54, 1.807) is 4.90 Å². The topological polar surface area (TPSA) is 84.7 Å². The Labute approximate surface area is 99.1 Å². The zero-order valence-corrected chi connectivity index (χ0v) is 9.88. The number of rotatable bonds is 3. The van der Waals surface area contributed by atoms with Crippen LogP contribution in [0.1, 0.15) is 12.8 Å². The van der Waals surface area contributed by atoms with Crippen molar-refractivity contribution < 1.29 is 14.3 Å². The lowest BCUT2D eigenvalue weighted by Crippen LogP contribution is -2.39. The molecule has 1 atom stereocenters. The van der Waals surface area contributed by atoms with E-state index in [0.717, 1.165) is 6.42 Å². The van der Waals surface area contributed by atoms with Crippen LogP contribution < -0.4 is 11.1 Å². The van der Waals surface area contributed by atoms with Gasteiger partial charge in [0.1, 0.15) is 0 Å². The number of methoxy groups -OCH3 is 1. The number of carbonyl (C=O) groups is 2. The smallest absolute Gasteiger partial charge is 0.407 e. The first-order valence-electron chi connectivity index (χ1n) is 4.93. The van der Waals surface area contributed by atoms with E-state index >= 15 is 0 Å². The number of nitrogens with zero attached hydrogens (tertiary/aromatic N) is 1. The van der Waals surface area contributed by atoms with Crippen LogP contribution in [0.2, 0.25) is 0 Å². The molecule has 0 aromatic heterocycles. The highest BCUT2D eigenvalue weighted by Crippen LogP contribution is 2.10. The van der Waals surface area contributed by atoms with Gasteiger partial charge in [-0.15, -0.1) is 0 Å². The lowest BCUT2D eigenvalue weighted by atomic mass is 10.3. The number of carbonyl (C=O) groups excluding carboxylic acids is 2. The highest BCUT2D eigenvalue weighted by Gasteiger charge is 2.27. The normalized spacial score (nSPS) is 19.3. The van der Waals surface area contributed by atoms with Gasteiger partial charge in [0.15, 0.2) is 0 Å². The fourth-order valence-corrected chi connectivity index (χ4v) is 1.71. The highest BCUT2D eigenvalue weighted by atomic mass is 32.1. The predicted octanol–water partition coefficient (Wildman–Crippen LogP) is -0.380. The third-order valence-corrected chi connectivity index (χ3v) is 2.52. The molecule has 0 spiro atoms. The monoisotopic (exact) mass is 245 g/mol. The Kier molecular flexibility index (Phi) is 4.48. The van der Waals surface area contributed by atoms with Gasteiger partial charge in [0, 0.05) is 13.1 Å². The molecule has 1 aliphatic rings. The summed E-state index contributed by atoms with van der Waals surface area (Å²) in [6.07, 6.45) is 0.326. The quantitative estimate of drug-likeness (QED) is 0.662. The minimum absolute atomic E-state index is 0.0530. The SMILES string of the molecule is COC(=O)NC1CCN(C(=O)CC(N)=S)C1. The van der Waals surface area contributed by atoms with Crippen molar-refractivity contribution in [3.8, 4) is 0 Å².